The molecule has 0 spiro atoms. The Morgan fingerprint density at radius 1 is 1.47 bits per heavy atom. The van der Waals surface area contributed by atoms with Crippen molar-refractivity contribution in [3.05, 3.63) is 17.9 Å². The fourth-order valence-corrected chi connectivity index (χ4v) is 3.55. The summed E-state index contributed by atoms with van der Waals surface area (Å²) in [4.78, 5) is 0. The molecule has 7 heteroatoms. The van der Waals surface area contributed by atoms with Gasteiger partial charge in [0, 0.05) is 19.7 Å². The molecule has 1 aliphatic heterocycles. The van der Waals surface area contributed by atoms with Gasteiger partial charge in [0.1, 0.15) is 5.76 Å². The molecule has 1 aliphatic rings. The SMILES string of the molecule is CNCc1ccc(S(=O)(=O)N2CCCOC(C)C2)o1. The second kappa shape index (κ2) is 6.04. The van der Waals surface area contributed by atoms with Gasteiger partial charge in [-0.3, -0.25) is 0 Å². The van der Waals surface area contributed by atoms with Crippen molar-refractivity contribution >= 4 is 10.0 Å². The van der Waals surface area contributed by atoms with E-state index in [4.69, 9.17) is 9.15 Å². The van der Waals surface area contributed by atoms with Crippen LogP contribution in [-0.4, -0.2) is 45.6 Å². The van der Waals surface area contributed by atoms with Crippen LogP contribution < -0.4 is 5.32 Å². The topological polar surface area (TPSA) is 71.8 Å². The van der Waals surface area contributed by atoms with Crippen LogP contribution >= 0.6 is 0 Å². The summed E-state index contributed by atoms with van der Waals surface area (Å²) in [6.07, 6.45) is 0.609. The highest BCUT2D eigenvalue weighted by molar-refractivity contribution is 7.89. The number of nitrogens with zero attached hydrogens (tertiary/aromatic N) is 1. The summed E-state index contributed by atoms with van der Waals surface area (Å²) >= 11 is 0. The molecule has 6 nitrogen and oxygen atoms in total. The van der Waals surface area contributed by atoms with Crippen LogP contribution in [0, 0.1) is 0 Å². The van der Waals surface area contributed by atoms with E-state index in [9.17, 15) is 8.42 Å². The van der Waals surface area contributed by atoms with Crippen LogP contribution in [0.15, 0.2) is 21.6 Å². The number of rotatable bonds is 4. The molecule has 1 atom stereocenters. The predicted octanol–water partition coefficient (Wildman–Crippen LogP) is 0.798. The van der Waals surface area contributed by atoms with Gasteiger partial charge in [0.2, 0.25) is 5.09 Å². The van der Waals surface area contributed by atoms with Gasteiger partial charge >= 0.3 is 0 Å². The van der Waals surface area contributed by atoms with Gasteiger partial charge < -0.3 is 14.5 Å². The molecular formula is C12H20N2O4S. The van der Waals surface area contributed by atoms with Gasteiger partial charge in [-0.2, -0.15) is 4.31 Å². The summed E-state index contributed by atoms with van der Waals surface area (Å²) in [6, 6.07) is 3.19. The molecule has 0 radical (unpaired) electrons. The summed E-state index contributed by atoms with van der Waals surface area (Å²) in [5, 5.41) is 2.93. The first-order valence-electron chi connectivity index (χ1n) is 6.39. The Hall–Kier alpha value is -0.890. The van der Waals surface area contributed by atoms with E-state index in [2.05, 4.69) is 5.32 Å². The Kier molecular flexibility index (Phi) is 4.62. The monoisotopic (exact) mass is 288 g/mol. The van der Waals surface area contributed by atoms with Crippen molar-refractivity contribution in [3.63, 3.8) is 0 Å². The lowest BCUT2D eigenvalue weighted by atomic mass is 10.4. The first-order chi connectivity index (χ1) is 9.04. The normalized spacial score (nSPS) is 22.3. The van der Waals surface area contributed by atoms with Crippen LogP contribution in [0.1, 0.15) is 19.1 Å². The quantitative estimate of drug-likeness (QED) is 0.887. The van der Waals surface area contributed by atoms with E-state index < -0.39 is 10.0 Å². The minimum atomic E-state index is -3.56. The highest BCUT2D eigenvalue weighted by Gasteiger charge is 2.30. The van der Waals surface area contributed by atoms with E-state index in [0.29, 0.717) is 38.4 Å². The Bertz CT molecular complexity index is 512. The zero-order valence-corrected chi connectivity index (χ0v) is 12.1. The van der Waals surface area contributed by atoms with Gasteiger partial charge in [0.15, 0.2) is 0 Å². The molecule has 0 bridgehead atoms. The van der Waals surface area contributed by atoms with Crippen molar-refractivity contribution in [1.82, 2.24) is 9.62 Å². The van der Waals surface area contributed by atoms with Gasteiger partial charge in [-0.25, -0.2) is 8.42 Å². The third kappa shape index (κ3) is 3.36. The van der Waals surface area contributed by atoms with Crippen molar-refractivity contribution < 1.29 is 17.6 Å². The fraction of sp³-hybridized carbons (Fsp3) is 0.667. The van der Waals surface area contributed by atoms with Crippen LogP contribution in [0.2, 0.25) is 0 Å². The molecule has 1 unspecified atom stereocenters. The molecular weight excluding hydrogens is 268 g/mol. The zero-order chi connectivity index (χ0) is 13.9. The molecule has 1 fully saturated rings. The molecule has 1 N–H and O–H groups in total. The fourth-order valence-electron chi connectivity index (χ4n) is 2.07. The highest BCUT2D eigenvalue weighted by atomic mass is 32.2. The van der Waals surface area contributed by atoms with E-state index in [-0.39, 0.29) is 11.2 Å². The zero-order valence-electron chi connectivity index (χ0n) is 11.3. The first-order valence-corrected chi connectivity index (χ1v) is 7.83. The number of sulfonamides is 1. The van der Waals surface area contributed by atoms with E-state index in [0.717, 1.165) is 0 Å². The Balaban J connectivity index is 2.19. The molecule has 108 valence electrons. The smallest absolute Gasteiger partial charge is 0.276 e. The number of ether oxygens (including phenoxy) is 1. The number of nitrogens with one attached hydrogen (secondary N) is 1. The molecule has 0 aromatic carbocycles. The van der Waals surface area contributed by atoms with Crippen molar-refractivity contribution in [3.8, 4) is 0 Å². The maximum atomic E-state index is 12.5. The Labute approximate surface area is 113 Å². The summed E-state index contributed by atoms with van der Waals surface area (Å²) in [5.41, 5.74) is 0. The second-order valence-electron chi connectivity index (χ2n) is 4.65. The molecule has 0 amide bonds. The third-order valence-electron chi connectivity index (χ3n) is 3.00. The van der Waals surface area contributed by atoms with Crippen molar-refractivity contribution in [1.29, 1.82) is 0 Å². The maximum Gasteiger partial charge on any atom is 0.276 e. The molecule has 2 heterocycles. The lowest BCUT2D eigenvalue weighted by Crippen LogP contribution is -2.35. The Morgan fingerprint density at radius 2 is 2.26 bits per heavy atom. The van der Waals surface area contributed by atoms with Gasteiger partial charge in [0.25, 0.3) is 10.0 Å². The largest absolute Gasteiger partial charge is 0.447 e. The number of hydrogen-bond acceptors (Lipinski definition) is 5. The van der Waals surface area contributed by atoms with Gasteiger partial charge in [-0.15, -0.1) is 0 Å². The van der Waals surface area contributed by atoms with Crippen molar-refractivity contribution in [2.45, 2.75) is 31.1 Å². The molecule has 1 aromatic rings. The van der Waals surface area contributed by atoms with Crippen LogP contribution in [0.3, 0.4) is 0 Å². The minimum Gasteiger partial charge on any atom is -0.447 e. The van der Waals surface area contributed by atoms with Crippen LogP contribution in [-0.2, 0) is 21.3 Å². The first kappa shape index (κ1) is 14.5. The van der Waals surface area contributed by atoms with Crippen LogP contribution in [0.5, 0.6) is 0 Å². The third-order valence-corrected chi connectivity index (χ3v) is 4.74. The molecule has 0 aliphatic carbocycles. The Morgan fingerprint density at radius 3 is 3.00 bits per heavy atom. The average Bonchev–Trinajstić information content (AvgIpc) is 2.72. The molecule has 2 rings (SSSR count). The van der Waals surface area contributed by atoms with E-state index in [1.807, 2.05) is 6.92 Å². The highest BCUT2D eigenvalue weighted by Crippen LogP contribution is 2.21. The number of hydrogen-bond donors (Lipinski definition) is 1. The minimum absolute atomic E-state index is 0.00634. The van der Waals surface area contributed by atoms with Gasteiger partial charge in [-0.1, -0.05) is 0 Å². The van der Waals surface area contributed by atoms with Gasteiger partial charge in [-0.05, 0) is 32.5 Å². The molecule has 1 aromatic heterocycles. The molecule has 0 saturated carbocycles. The second-order valence-corrected chi connectivity index (χ2v) is 6.52. The standard InChI is InChI=1S/C12H20N2O4S/c1-10-9-14(6-3-7-17-10)19(15,16)12-5-4-11(18-12)8-13-2/h4-5,10,13H,3,6-9H2,1-2H3. The maximum absolute atomic E-state index is 12.5. The molecule has 1 saturated heterocycles. The van der Waals surface area contributed by atoms with Crippen LogP contribution in [0.4, 0.5) is 0 Å². The average molecular weight is 288 g/mol. The summed E-state index contributed by atoms with van der Waals surface area (Å²) < 4.78 is 37.2. The lowest BCUT2D eigenvalue weighted by molar-refractivity contribution is 0.0751. The van der Waals surface area contributed by atoms with Gasteiger partial charge in [0.05, 0.1) is 12.6 Å². The summed E-state index contributed by atoms with van der Waals surface area (Å²) in [7, 11) is -1.77. The number of furan rings is 1. The summed E-state index contributed by atoms with van der Waals surface area (Å²) in [6.45, 7) is 3.81. The van der Waals surface area contributed by atoms with E-state index in [1.165, 1.54) is 10.4 Å². The lowest BCUT2D eigenvalue weighted by Gasteiger charge is -2.20. The van der Waals surface area contributed by atoms with Crippen molar-refractivity contribution in [2.75, 3.05) is 26.7 Å². The van der Waals surface area contributed by atoms with E-state index >= 15 is 0 Å². The summed E-state index contributed by atoms with van der Waals surface area (Å²) in [5.74, 6) is 0.611. The predicted molar refractivity (Wildman–Crippen MR) is 70.3 cm³/mol. The van der Waals surface area contributed by atoms with E-state index in [1.54, 1.807) is 13.1 Å². The molecule has 19 heavy (non-hydrogen) atoms. The van der Waals surface area contributed by atoms with Crippen molar-refractivity contribution in [2.24, 2.45) is 0 Å². The van der Waals surface area contributed by atoms with Crippen LogP contribution in [0.25, 0.3) is 0 Å².